The van der Waals surface area contributed by atoms with Crippen LogP contribution in [0.1, 0.15) is 50.6 Å². The van der Waals surface area contributed by atoms with Gasteiger partial charge < -0.3 is 15.6 Å². The van der Waals surface area contributed by atoms with Crippen LogP contribution >= 0.6 is 0 Å². The molecule has 2 heterocycles. The zero-order valence-electron chi connectivity index (χ0n) is 18.2. The van der Waals surface area contributed by atoms with Gasteiger partial charge in [-0.05, 0) is 23.6 Å². The summed E-state index contributed by atoms with van der Waals surface area (Å²) >= 11 is 0. The van der Waals surface area contributed by atoms with Crippen LogP contribution in [0.5, 0.6) is 0 Å². The number of unbranched alkanes of at least 4 members (excludes halogenated alkanes) is 1. The maximum atomic E-state index is 6.31. The molecule has 0 saturated carbocycles. The number of anilines is 1. The van der Waals surface area contributed by atoms with E-state index in [0.29, 0.717) is 11.9 Å². The zero-order chi connectivity index (χ0) is 21.1. The lowest BCUT2D eigenvalue weighted by atomic mass is 10.1. The molecule has 0 fully saturated rings. The van der Waals surface area contributed by atoms with Crippen molar-refractivity contribution in [2.24, 2.45) is 0 Å². The van der Waals surface area contributed by atoms with E-state index < -0.39 is 0 Å². The first-order valence-electron chi connectivity index (χ1n) is 10.9. The van der Waals surface area contributed by atoms with Gasteiger partial charge in [-0.15, -0.1) is 0 Å². The number of nitrogens with one attached hydrogen (secondary N) is 1. The maximum absolute atomic E-state index is 6.31. The fourth-order valence-electron chi connectivity index (χ4n) is 3.87. The van der Waals surface area contributed by atoms with Gasteiger partial charge in [0.2, 0.25) is 0 Å². The number of hydrogen-bond donors (Lipinski definition) is 2. The number of para-hydroxylation sites is 1. The second-order valence-corrected chi connectivity index (χ2v) is 8.28. The lowest BCUT2D eigenvalue weighted by molar-refractivity contribution is 0.588. The predicted octanol–water partition coefficient (Wildman–Crippen LogP) is 5.06. The quantitative estimate of drug-likeness (QED) is 0.433. The Labute approximate surface area is 178 Å². The zero-order valence-corrected chi connectivity index (χ0v) is 18.2. The summed E-state index contributed by atoms with van der Waals surface area (Å²) in [5.41, 5.74) is 11.7. The average Bonchev–Trinajstić information content (AvgIpc) is 3.11. The van der Waals surface area contributed by atoms with E-state index >= 15 is 0 Å². The summed E-state index contributed by atoms with van der Waals surface area (Å²) in [5.74, 6) is 1.59. The van der Waals surface area contributed by atoms with Crippen LogP contribution in [0.3, 0.4) is 0 Å². The predicted molar refractivity (Wildman–Crippen MR) is 126 cm³/mol. The number of rotatable bonds is 8. The molecule has 0 amide bonds. The van der Waals surface area contributed by atoms with Gasteiger partial charge in [0.05, 0.1) is 11.0 Å². The van der Waals surface area contributed by atoms with Gasteiger partial charge in [0.15, 0.2) is 5.82 Å². The van der Waals surface area contributed by atoms with Gasteiger partial charge in [-0.25, -0.2) is 9.97 Å². The topological polar surface area (TPSA) is 68.8 Å². The van der Waals surface area contributed by atoms with E-state index in [1.165, 1.54) is 11.1 Å². The Morgan fingerprint density at radius 2 is 1.73 bits per heavy atom. The van der Waals surface area contributed by atoms with Gasteiger partial charge in [0.25, 0.3) is 0 Å². The highest BCUT2D eigenvalue weighted by Crippen LogP contribution is 2.30. The van der Waals surface area contributed by atoms with Crippen LogP contribution in [0.2, 0.25) is 0 Å². The number of nitrogens with two attached hydrogens (primary N) is 1. The number of imidazole rings is 1. The molecule has 156 valence electrons. The van der Waals surface area contributed by atoms with Gasteiger partial charge in [-0.2, -0.15) is 0 Å². The van der Waals surface area contributed by atoms with Crippen molar-refractivity contribution in [2.45, 2.75) is 59.2 Å². The molecule has 3 N–H and O–H groups in total. The van der Waals surface area contributed by atoms with Crippen molar-refractivity contribution >= 4 is 27.8 Å². The fourth-order valence-corrected chi connectivity index (χ4v) is 3.87. The monoisotopic (exact) mass is 401 g/mol. The second-order valence-electron chi connectivity index (χ2n) is 8.28. The first-order valence-corrected chi connectivity index (χ1v) is 10.9. The summed E-state index contributed by atoms with van der Waals surface area (Å²) in [7, 11) is 0. The van der Waals surface area contributed by atoms with Gasteiger partial charge in [0.1, 0.15) is 11.3 Å². The molecule has 5 nitrogen and oxygen atoms in total. The first-order chi connectivity index (χ1) is 14.6. The smallest absolute Gasteiger partial charge is 0.152 e. The summed E-state index contributed by atoms with van der Waals surface area (Å²) in [5, 5.41) is 4.58. The van der Waals surface area contributed by atoms with E-state index in [1.807, 2.05) is 12.1 Å². The Kier molecular flexibility index (Phi) is 6.00. The number of nitrogen functional groups attached to an aromatic ring is 1. The van der Waals surface area contributed by atoms with Gasteiger partial charge >= 0.3 is 0 Å². The van der Waals surface area contributed by atoms with Gasteiger partial charge in [-0.1, -0.05) is 69.7 Å². The largest absolute Gasteiger partial charge is 0.382 e. The van der Waals surface area contributed by atoms with E-state index in [2.05, 4.69) is 72.0 Å². The van der Waals surface area contributed by atoms with Crippen LogP contribution in [0.4, 0.5) is 5.82 Å². The standard InChI is InChI=1S/C25H31N5/c1-4-5-10-22-29-23-24(20-8-6-7-9-21(20)28-25(23)26)30(22)16-19-13-11-18(12-14-19)15-27-17(2)3/h6-9,11-14,17,27H,4-5,10,15-16H2,1-3H3,(H2,26,28). The summed E-state index contributed by atoms with van der Waals surface area (Å²) in [6, 6.07) is 17.5. The van der Waals surface area contributed by atoms with Crippen LogP contribution < -0.4 is 11.1 Å². The van der Waals surface area contributed by atoms with E-state index in [0.717, 1.165) is 60.1 Å². The molecular formula is C25H31N5. The Balaban J connectivity index is 1.76. The van der Waals surface area contributed by atoms with Crippen LogP contribution in [0.25, 0.3) is 21.9 Å². The highest BCUT2D eigenvalue weighted by Gasteiger charge is 2.17. The van der Waals surface area contributed by atoms with Crippen LogP contribution in [0, 0.1) is 0 Å². The Bertz CT molecular complexity index is 1140. The SMILES string of the molecule is CCCCc1nc2c(N)nc3ccccc3c2n1Cc1ccc(CNC(C)C)cc1. The van der Waals surface area contributed by atoms with Crippen molar-refractivity contribution in [1.29, 1.82) is 0 Å². The van der Waals surface area contributed by atoms with E-state index in [9.17, 15) is 0 Å². The third-order valence-electron chi connectivity index (χ3n) is 5.52. The number of benzene rings is 2. The number of aromatic nitrogens is 3. The molecule has 0 atom stereocenters. The minimum Gasteiger partial charge on any atom is -0.382 e. The van der Waals surface area contributed by atoms with Crippen molar-refractivity contribution in [2.75, 3.05) is 5.73 Å². The van der Waals surface area contributed by atoms with Gasteiger partial charge in [-0.3, -0.25) is 0 Å². The van der Waals surface area contributed by atoms with E-state index in [4.69, 9.17) is 10.7 Å². The highest BCUT2D eigenvalue weighted by molar-refractivity contribution is 6.06. The summed E-state index contributed by atoms with van der Waals surface area (Å²) in [4.78, 5) is 9.51. The van der Waals surface area contributed by atoms with Crippen LogP contribution in [-0.2, 0) is 19.5 Å². The minimum absolute atomic E-state index is 0.482. The lowest BCUT2D eigenvalue weighted by Crippen LogP contribution is -2.21. The number of fused-ring (bicyclic) bond motifs is 3. The van der Waals surface area contributed by atoms with Crippen LogP contribution in [-0.4, -0.2) is 20.6 Å². The molecule has 5 heteroatoms. The normalized spacial score (nSPS) is 11.7. The molecule has 0 spiro atoms. The molecule has 0 bridgehead atoms. The molecule has 0 saturated heterocycles. The summed E-state index contributed by atoms with van der Waals surface area (Å²) in [6.45, 7) is 8.21. The molecule has 0 radical (unpaired) electrons. The van der Waals surface area contributed by atoms with Crippen molar-refractivity contribution in [3.8, 4) is 0 Å². The third kappa shape index (κ3) is 4.17. The number of hydrogen-bond acceptors (Lipinski definition) is 4. The Morgan fingerprint density at radius 3 is 2.47 bits per heavy atom. The number of pyridine rings is 1. The second kappa shape index (κ2) is 8.84. The number of aryl methyl sites for hydroxylation is 1. The molecule has 4 aromatic rings. The number of nitrogens with zero attached hydrogens (tertiary/aromatic N) is 3. The van der Waals surface area contributed by atoms with Crippen molar-refractivity contribution in [1.82, 2.24) is 19.9 Å². The molecule has 0 aliphatic carbocycles. The Morgan fingerprint density at radius 1 is 1.00 bits per heavy atom. The molecular weight excluding hydrogens is 370 g/mol. The van der Waals surface area contributed by atoms with Crippen molar-refractivity contribution in [3.05, 3.63) is 65.5 Å². The average molecular weight is 402 g/mol. The summed E-state index contributed by atoms with van der Waals surface area (Å²) < 4.78 is 2.34. The fraction of sp³-hybridized carbons (Fsp3) is 0.360. The third-order valence-corrected chi connectivity index (χ3v) is 5.52. The molecule has 0 aliphatic heterocycles. The maximum Gasteiger partial charge on any atom is 0.152 e. The highest BCUT2D eigenvalue weighted by atomic mass is 15.1. The summed E-state index contributed by atoms with van der Waals surface area (Å²) in [6.07, 6.45) is 3.18. The van der Waals surface area contributed by atoms with E-state index in [-0.39, 0.29) is 0 Å². The van der Waals surface area contributed by atoms with Crippen molar-refractivity contribution < 1.29 is 0 Å². The molecule has 30 heavy (non-hydrogen) atoms. The van der Waals surface area contributed by atoms with E-state index in [1.54, 1.807) is 0 Å². The molecule has 2 aromatic carbocycles. The van der Waals surface area contributed by atoms with Gasteiger partial charge in [0, 0.05) is 30.9 Å². The first kappa shape index (κ1) is 20.4. The molecule has 4 rings (SSSR count). The Hall–Kier alpha value is -2.92. The molecule has 0 unspecified atom stereocenters. The van der Waals surface area contributed by atoms with Crippen molar-refractivity contribution in [3.63, 3.8) is 0 Å². The van der Waals surface area contributed by atoms with Crippen LogP contribution in [0.15, 0.2) is 48.5 Å². The molecule has 0 aliphatic rings. The minimum atomic E-state index is 0.482. The lowest BCUT2D eigenvalue weighted by Gasteiger charge is -2.12. The molecule has 2 aromatic heterocycles.